The number of amides is 1. The number of carbonyl (C=O) groups is 1. The maximum atomic E-state index is 12.3. The molecule has 1 saturated heterocycles. The molecule has 1 fully saturated rings. The van der Waals surface area contributed by atoms with Crippen molar-refractivity contribution >= 4 is 17.5 Å². The molecule has 116 valence electrons. The van der Waals surface area contributed by atoms with Crippen molar-refractivity contribution in [3.63, 3.8) is 0 Å². The lowest BCUT2D eigenvalue weighted by Gasteiger charge is -2.22. The largest absolute Gasteiger partial charge is 0.481 e. The minimum absolute atomic E-state index is 0.00964. The van der Waals surface area contributed by atoms with Crippen LogP contribution in [0.5, 0.6) is 5.75 Å². The quantitative estimate of drug-likeness (QED) is 0.909. The second kappa shape index (κ2) is 7.14. The van der Waals surface area contributed by atoms with Gasteiger partial charge in [0.2, 0.25) is 0 Å². The first-order valence-electron chi connectivity index (χ1n) is 7.47. The third kappa shape index (κ3) is 4.35. The first kappa shape index (κ1) is 16.1. The van der Waals surface area contributed by atoms with Crippen LogP contribution < -0.4 is 10.5 Å². The predicted molar refractivity (Wildman–Crippen MR) is 84.7 cm³/mol. The molecule has 2 N–H and O–H groups in total. The van der Waals surface area contributed by atoms with Crippen LogP contribution in [0.25, 0.3) is 0 Å². The maximum Gasteiger partial charge on any atom is 0.263 e. The van der Waals surface area contributed by atoms with Crippen molar-refractivity contribution < 1.29 is 9.53 Å². The molecule has 4 nitrogen and oxygen atoms in total. The smallest absolute Gasteiger partial charge is 0.263 e. The molecule has 0 spiro atoms. The average Bonchev–Trinajstić information content (AvgIpc) is 2.94. The van der Waals surface area contributed by atoms with Gasteiger partial charge in [-0.1, -0.05) is 11.6 Å². The fourth-order valence-electron chi connectivity index (χ4n) is 2.60. The summed E-state index contributed by atoms with van der Waals surface area (Å²) >= 11 is 6.03. The van der Waals surface area contributed by atoms with Gasteiger partial charge in [-0.3, -0.25) is 4.79 Å². The number of benzene rings is 1. The topological polar surface area (TPSA) is 55.6 Å². The van der Waals surface area contributed by atoms with Gasteiger partial charge in [0.1, 0.15) is 5.75 Å². The normalized spacial score (nSPS) is 17.6. The molecular formula is C16H23ClN2O2. The lowest BCUT2D eigenvalue weighted by molar-refractivity contribution is -0.136. The van der Waals surface area contributed by atoms with E-state index in [9.17, 15) is 4.79 Å². The molecule has 1 aromatic carbocycles. The molecule has 1 heterocycles. The van der Waals surface area contributed by atoms with Gasteiger partial charge in [-0.05, 0) is 56.9 Å². The minimum Gasteiger partial charge on any atom is -0.481 e. The number of carbonyl (C=O) groups excluding carboxylic acids is 1. The zero-order valence-corrected chi connectivity index (χ0v) is 13.4. The molecule has 5 heteroatoms. The van der Waals surface area contributed by atoms with E-state index < -0.39 is 6.10 Å². The fourth-order valence-corrected chi connectivity index (χ4v) is 2.80. The maximum absolute atomic E-state index is 12.3. The Morgan fingerprint density at radius 2 is 2.05 bits per heavy atom. The Morgan fingerprint density at radius 1 is 1.38 bits per heavy atom. The molecule has 1 amide bonds. The summed E-state index contributed by atoms with van der Waals surface area (Å²) in [4.78, 5) is 14.2. The summed E-state index contributed by atoms with van der Waals surface area (Å²) in [5.41, 5.74) is 6.80. The summed E-state index contributed by atoms with van der Waals surface area (Å²) in [6, 6.07) is 5.45. The van der Waals surface area contributed by atoms with E-state index in [0.717, 1.165) is 31.5 Å². The van der Waals surface area contributed by atoms with E-state index in [4.69, 9.17) is 22.1 Å². The summed E-state index contributed by atoms with van der Waals surface area (Å²) < 4.78 is 5.87. The van der Waals surface area contributed by atoms with E-state index in [1.54, 1.807) is 13.0 Å². The molecular weight excluding hydrogens is 288 g/mol. The highest BCUT2D eigenvalue weighted by atomic mass is 35.5. The highest BCUT2D eigenvalue weighted by Crippen LogP contribution is 2.25. The Morgan fingerprint density at radius 3 is 2.67 bits per heavy atom. The highest BCUT2D eigenvalue weighted by Gasteiger charge is 2.25. The van der Waals surface area contributed by atoms with Gasteiger partial charge in [0.05, 0.1) is 0 Å². The number of likely N-dealkylation sites (tertiary alicyclic amines) is 1. The van der Waals surface area contributed by atoms with Crippen LogP contribution in [0.3, 0.4) is 0 Å². The van der Waals surface area contributed by atoms with Crippen LogP contribution in [0.2, 0.25) is 5.02 Å². The standard InChI is InChI=1S/C16H23ClN2O2/c1-11(18)9-13-10-14(17)5-6-15(13)21-12(2)16(20)19-7-3-4-8-19/h5-6,10-12H,3-4,7-9,18H2,1-2H3. The van der Waals surface area contributed by atoms with Crippen molar-refractivity contribution in [2.24, 2.45) is 5.73 Å². The Hall–Kier alpha value is -1.26. The van der Waals surface area contributed by atoms with Crippen molar-refractivity contribution in [2.75, 3.05) is 13.1 Å². The zero-order valence-electron chi connectivity index (χ0n) is 12.6. The van der Waals surface area contributed by atoms with Crippen LogP contribution in [-0.4, -0.2) is 36.0 Å². The lowest BCUT2D eigenvalue weighted by atomic mass is 10.1. The molecule has 2 atom stereocenters. The Bertz CT molecular complexity index is 499. The molecule has 0 saturated carbocycles. The number of hydrogen-bond donors (Lipinski definition) is 1. The van der Waals surface area contributed by atoms with Crippen molar-refractivity contribution in [1.29, 1.82) is 0 Å². The van der Waals surface area contributed by atoms with Gasteiger partial charge in [0, 0.05) is 24.2 Å². The van der Waals surface area contributed by atoms with Gasteiger partial charge in [-0.25, -0.2) is 0 Å². The molecule has 0 bridgehead atoms. The molecule has 0 aromatic heterocycles. The molecule has 2 unspecified atom stereocenters. The Labute approximate surface area is 131 Å². The SMILES string of the molecule is CC(N)Cc1cc(Cl)ccc1OC(C)C(=O)N1CCCC1. The van der Waals surface area contributed by atoms with Gasteiger partial charge in [0.15, 0.2) is 6.10 Å². The van der Waals surface area contributed by atoms with E-state index in [1.165, 1.54) is 0 Å². The van der Waals surface area contributed by atoms with Gasteiger partial charge < -0.3 is 15.4 Å². The van der Waals surface area contributed by atoms with Crippen molar-refractivity contribution in [3.8, 4) is 5.75 Å². The summed E-state index contributed by atoms with van der Waals surface area (Å²) in [6.07, 6.45) is 2.33. The second-order valence-corrected chi connectivity index (χ2v) is 6.16. The van der Waals surface area contributed by atoms with E-state index in [-0.39, 0.29) is 11.9 Å². The molecule has 0 aliphatic carbocycles. The van der Waals surface area contributed by atoms with Crippen molar-refractivity contribution in [2.45, 2.75) is 45.3 Å². The third-order valence-corrected chi connectivity index (χ3v) is 3.87. The lowest BCUT2D eigenvalue weighted by Crippen LogP contribution is -2.38. The van der Waals surface area contributed by atoms with E-state index in [1.807, 2.05) is 24.0 Å². The van der Waals surface area contributed by atoms with Gasteiger partial charge in [0.25, 0.3) is 5.91 Å². The van der Waals surface area contributed by atoms with Gasteiger partial charge in [-0.15, -0.1) is 0 Å². The summed E-state index contributed by atoms with van der Waals surface area (Å²) in [7, 11) is 0. The minimum atomic E-state index is -0.490. The number of ether oxygens (including phenoxy) is 1. The van der Waals surface area contributed by atoms with Crippen molar-refractivity contribution in [1.82, 2.24) is 4.90 Å². The van der Waals surface area contributed by atoms with E-state index in [2.05, 4.69) is 0 Å². The second-order valence-electron chi connectivity index (χ2n) is 5.73. The van der Waals surface area contributed by atoms with Crippen molar-refractivity contribution in [3.05, 3.63) is 28.8 Å². The molecule has 2 rings (SSSR count). The first-order chi connectivity index (χ1) is 9.97. The summed E-state index contributed by atoms with van der Waals surface area (Å²) in [5.74, 6) is 0.742. The van der Waals surface area contributed by atoms with Crippen LogP contribution >= 0.6 is 11.6 Å². The fraction of sp³-hybridized carbons (Fsp3) is 0.562. The van der Waals surface area contributed by atoms with Gasteiger partial charge >= 0.3 is 0 Å². The van der Waals surface area contributed by atoms with Crippen LogP contribution in [0.1, 0.15) is 32.3 Å². The van der Waals surface area contributed by atoms with Crippen LogP contribution in [-0.2, 0) is 11.2 Å². The molecule has 1 aliphatic heterocycles. The number of halogens is 1. The number of nitrogens with two attached hydrogens (primary N) is 1. The number of nitrogens with zero attached hydrogens (tertiary/aromatic N) is 1. The molecule has 1 aromatic rings. The van der Waals surface area contributed by atoms with E-state index >= 15 is 0 Å². The van der Waals surface area contributed by atoms with Crippen LogP contribution in [0, 0.1) is 0 Å². The molecule has 21 heavy (non-hydrogen) atoms. The Balaban J connectivity index is 2.08. The van der Waals surface area contributed by atoms with E-state index in [0.29, 0.717) is 17.2 Å². The molecule has 0 radical (unpaired) electrons. The summed E-state index contributed by atoms with van der Waals surface area (Å²) in [6.45, 7) is 5.40. The third-order valence-electron chi connectivity index (χ3n) is 3.63. The first-order valence-corrected chi connectivity index (χ1v) is 7.84. The summed E-state index contributed by atoms with van der Waals surface area (Å²) in [5, 5.41) is 0.650. The number of rotatable bonds is 5. The predicted octanol–water partition coefficient (Wildman–Crippen LogP) is 2.62. The average molecular weight is 311 g/mol. The highest BCUT2D eigenvalue weighted by molar-refractivity contribution is 6.30. The number of hydrogen-bond acceptors (Lipinski definition) is 3. The monoisotopic (exact) mass is 310 g/mol. The van der Waals surface area contributed by atoms with Crippen LogP contribution in [0.15, 0.2) is 18.2 Å². The Kier molecular flexibility index (Phi) is 5.48. The van der Waals surface area contributed by atoms with Crippen LogP contribution in [0.4, 0.5) is 0 Å². The molecule has 1 aliphatic rings. The zero-order chi connectivity index (χ0) is 15.4. The van der Waals surface area contributed by atoms with Gasteiger partial charge in [-0.2, -0.15) is 0 Å².